The number of nitrogens with one attached hydrogen (secondary N) is 2. The summed E-state index contributed by atoms with van der Waals surface area (Å²) in [4.78, 5) is 7.31. The van der Waals surface area contributed by atoms with Gasteiger partial charge in [0.2, 0.25) is 0 Å². The molecule has 0 saturated carbocycles. The van der Waals surface area contributed by atoms with Crippen molar-refractivity contribution >= 4 is 5.96 Å². The number of nitrogens with zero attached hydrogens (tertiary/aromatic N) is 2. The Morgan fingerprint density at radius 3 is 2.58 bits per heavy atom. The first-order valence-corrected chi connectivity index (χ1v) is 9.95. The lowest BCUT2D eigenvalue weighted by Gasteiger charge is -2.33. The molecule has 0 aliphatic carbocycles. The highest BCUT2D eigenvalue weighted by Crippen LogP contribution is 2.16. The van der Waals surface area contributed by atoms with E-state index in [9.17, 15) is 0 Å². The van der Waals surface area contributed by atoms with Gasteiger partial charge in [0.1, 0.15) is 0 Å². The van der Waals surface area contributed by atoms with Crippen molar-refractivity contribution in [1.82, 2.24) is 15.5 Å². The van der Waals surface area contributed by atoms with E-state index in [1.807, 2.05) is 0 Å². The summed E-state index contributed by atoms with van der Waals surface area (Å²) in [5.74, 6) is 1.36. The number of aryl methyl sites for hydroxylation is 1. The Labute approximate surface area is 159 Å². The molecule has 2 N–H and O–H groups in total. The lowest BCUT2D eigenvalue weighted by Crippen LogP contribution is -2.49. The molecule has 0 bridgehead atoms. The van der Waals surface area contributed by atoms with Crippen molar-refractivity contribution in [2.45, 2.75) is 45.6 Å². The number of likely N-dealkylation sites (tertiary alicyclic amines) is 1. The van der Waals surface area contributed by atoms with Gasteiger partial charge in [-0.15, -0.1) is 0 Å². The minimum atomic E-state index is 0.418. The summed E-state index contributed by atoms with van der Waals surface area (Å²) in [7, 11) is 1.77. The standard InChI is InChI=1S/C21H36N4O/c1-5-22-21(23-16-18(3)19-8-6-17(2)7-9-19)24-20-10-12-25(13-11-20)14-15-26-4/h6-9,18,20H,5,10-16H2,1-4H3,(H2,22,23,24). The normalized spacial score (nSPS) is 17.9. The van der Waals surface area contributed by atoms with Crippen LogP contribution in [-0.2, 0) is 4.74 Å². The van der Waals surface area contributed by atoms with Gasteiger partial charge in [-0.2, -0.15) is 0 Å². The smallest absolute Gasteiger partial charge is 0.191 e. The van der Waals surface area contributed by atoms with Crippen LogP contribution in [-0.4, -0.2) is 63.3 Å². The average molecular weight is 361 g/mol. The molecule has 1 saturated heterocycles. The number of guanidine groups is 1. The Bertz CT molecular complexity index is 535. The molecule has 1 unspecified atom stereocenters. The molecule has 0 spiro atoms. The molecule has 26 heavy (non-hydrogen) atoms. The van der Waals surface area contributed by atoms with Crippen LogP contribution in [0.25, 0.3) is 0 Å². The minimum absolute atomic E-state index is 0.418. The van der Waals surface area contributed by atoms with Crippen LogP contribution in [0.5, 0.6) is 0 Å². The molecule has 1 aliphatic heterocycles. The minimum Gasteiger partial charge on any atom is -0.383 e. The molecule has 0 radical (unpaired) electrons. The van der Waals surface area contributed by atoms with Gasteiger partial charge in [-0.05, 0) is 32.3 Å². The zero-order chi connectivity index (χ0) is 18.8. The first-order chi connectivity index (χ1) is 12.6. The fourth-order valence-electron chi connectivity index (χ4n) is 3.26. The maximum Gasteiger partial charge on any atom is 0.191 e. The van der Waals surface area contributed by atoms with E-state index in [0.29, 0.717) is 12.0 Å². The van der Waals surface area contributed by atoms with Crippen molar-refractivity contribution in [3.05, 3.63) is 35.4 Å². The lowest BCUT2D eigenvalue weighted by atomic mass is 10.0. The molecule has 0 aromatic heterocycles. The number of hydrogen-bond acceptors (Lipinski definition) is 3. The third-order valence-corrected chi connectivity index (χ3v) is 5.05. The van der Waals surface area contributed by atoms with Crippen LogP contribution in [0.15, 0.2) is 29.3 Å². The molecule has 0 amide bonds. The molecular formula is C21H36N4O. The highest BCUT2D eigenvalue weighted by Gasteiger charge is 2.19. The number of hydrogen-bond donors (Lipinski definition) is 2. The molecule has 2 rings (SSSR count). The van der Waals surface area contributed by atoms with Gasteiger partial charge < -0.3 is 20.3 Å². The summed E-state index contributed by atoms with van der Waals surface area (Å²) >= 11 is 0. The van der Waals surface area contributed by atoms with Crippen LogP contribution in [0.2, 0.25) is 0 Å². The van der Waals surface area contributed by atoms with Crippen LogP contribution < -0.4 is 10.6 Å². The number of ether oxygens (including phenoxy) is 1. The number of benzene rings is 1. The molecule has 146 valence electrons. The summed E-state index contributed by atoms with van der Waals surface area (Å²) in [6, 6.07) is 9.28. The van der Waals surface area contributed by atoms with E-state index in [4.69, 9.17) is 9.73 Å². The number of piperidine rings is 1. The Hall–Kier alpha value is -1.59. The molecule has 5 nitrogen and oxygen atoms in total. The van der Waals surface area contributed by atoms with Crippen molar-refractivity contribution in [2.24, 2.45) is 4.99 Å². The Morgan fingerprint density at radius 1 is 1.27 bits per heavy atom. The highest BCUT2D eigenvalue weighted by molar-refractivity contribution is 5.80. The fraction of sp³-hybridized carbons (Fsp3) is 0.667. The number of aliphatic imine (C=N–C) groups is 1. The van der Waals surface area contributed by atoms with E-state index in [0.717, 1.165) is 58.1 Å². The SMILES string of the molecule is CCNC(=NCC(C)c1ccc(C)cc1)NC1CCN(CCOC)CC1. The summed E-state index contributed by atoms with van der Waals surface area (Å²) in [6.45, 7) is 12.3. The molecular weight excluding hydrogens is 324 g/mol. The quantitative estimate of drug-likeness (QED) is 0.553. The third kappa shape index (κ3) is 6.96. The second-order valence-corrected chi connectivity index (χ2v) is 7.28. The lowest BCUT2D eigenvalue weighted by molar-refractivity contribution is 0.128. The topological polar surface area (TPSA) is 48.9 Å². The van der Waals surface area contributed by atoms with Crippen LogP contribution in [0, 0.1) is 6.92 Å². The van der Waals surface area contributed by atoms with Crippen LogP contribution in [0.4, 0.5) is 0 Å². The van der Waals surface area contributed by atoms with Crippen LogP contribution >= 0.6 is 0 Å². The van der Waals surface area contributed by atoms with E-state index in [1.165, 1.54) is 11.1 Å². The number of rotatable bonds is 8. The van der Waals surface area contributed by atoms with Gasteiger partial charge in [0.05, 0.1) is 6.61 Å². The molecule has 1 atom stereocenters. The molecule has 5 heteroatoms. The van der Waals surface area contributed by atoms with E-state index in [2.05, 4.69) is 60.6 Å². The van der Waals surface area contributed by atoms with Gasteiger partial charge in [0, 0.05) is 51.8 Å². The van der Waals surface area contributed by atoms with Gasteiger partial charge in [-0.3, -0.25) is 4.99 Å². The zero-order valence-corrected chi connectivity index (χ0v) is 16.9. The maximum atomic E-state index is 5.18. The Kier molecular flexibility index (Phi) is 8.92. The second kappa shape index (κ2) is 11.2. The maximum absolute atomic E-state index is 5.18. The van der Waals surface area contributed by atoms with E-state index >= 15 is 0 Å². The van der Waals surface area contributed by atoms with Gasteiger partial charge in [0.25, 0.3) is 0 Å². The van der Waals surface area contributed by atoms with Crippen LogP contribution in [0.3, 0.4) is 0 Å². The van der Waals surface area contributed by atoms with Gasteiger partial charge in [0.15, 0.2) is 5.96 Å². The molecule has 1 heterocycles. The third-order valence-electron chi connectivity index (χ3n) is 5.05. The number of methoxy groups -OCH3 is 1. The summed E-state index contributed by atoms with van der Waals surface area (Å²) in [5, 5.41) is 7.03. The largest absolute Gasteiger partial charge is 0.383 e. The molecule has 1 aliphatic rings. The van der Waals surface area contributed by atoms with Crippen molar-refractivity contribution in [1.29, 1.82) is 0 Å². The van der Waals surface area contributed by atoms with Gasteiger partial charge >= 0.3 is 0 Å². The zero-order valence-electron chi connectivity index (χ0n) is 16.9. The van der Waals surface area contributed by atoms with Crippen molar-refractivity contribution in [2.75, 3.05) is 46.4 Å². The second-order valence-electron chi connectivity index (χ2n) is 7.28. The van der Waals surface area contributed by atoms with Crippen molar-refractivity contribution < 1.29 is 4.74 Å². The Balaban J connectivity index is 1.83. The summed E-state index contributed by atoms with van der Waals surface area (Å²) < 4.78 is 5.18. The van der Waals surface area contributed by atoms with Crippen molar-refractivity contribution in [3.8, 4) is 0 Å². The fourth-order valence-corrected chi connectivity index (χ4v) is 3.26. The monoisotopic (exact) mass is 360 g/mol. The Morgan fingerprint density at radius 2 is 1.96 bits per heavy atom. The first kappa shape index (κ1) is 20.7. The van der Waals surface area contributed by atoms with E-state index < -0.39 is 0 Å². The summed E-state index contributed by atoms with van der Waals surface area (Å²) in [5.41, 5.74) is 2.65. The summed E-state index contributed by atoms with van der Waals surface area (Å²) in [6.07, 6.45) is 2.31. The molecule has 1 fully saturated rings. The molecule has 1 aromatic rings. The van der Waals surface area contributed by atoms with E-state index in [1.54, 1.807) is 7.11 Å². The first-order valence-electron chi connectivity index (χ1n) is 9.95. The highest BCUT2D eigenvalue weighted by atomic mass is 16.5. The predicted octanol–water partition coefficient (Wildman–Crippen LogP) is 2.76. The van der Waals surface area contributed by atoms with Gasteiger partial charge in [-0.1, -0.05) is 36.8 Å². The van der Waals surface area contributed by atoms with Crippen LogP contribution in [0.1, 0.15) is 43.7 Å². The van der Waals surface area contributed by atoms with E-state index in [-0.39, 0.29) is 0 Å². The van der Waals surface area contributed by atoms with Gasteiger partial charge in [-0.25, -0.2) is 0 Å². The predicted molar refractivity (Wildman–Crippen MR) is 110 cm³/mol. The average Bonchev–Trinajstić information content (AvgIpc) is 2.66. The van der Waals surface area contributed by atoms with Crippen molar-refractivity contribution in [3.63, 3.8) is 0 Å². The molecule has 1 aromatic carbocycles.